The molecular formula is C16H17F3N2O3. The molecule has 0 bridgehead atoms. The second kappa shape index (κ2) is 6.43. The van der Waals surface area contributed by atoms with Crippen LogP contribution in [0.4, 0.5) is 18.0 Å². The SMILES string of the molecule is O=C1NN=C(c2ccc([C@H]3CC[C@@H](O)CC3)c(C(F)(F)F)c2)CO1. The minimum atomic E-state index is -4.49. The number of alkyl halides is 3. The number of halogens is 3. The molecule has 1 heterocycles. The van der Waals surface area contributed by atoms with E-state index in [-0.39, 0.29) is 29.4 Å². The molecule has 1 saturated carbocycles. The van der Waals surface area contributed by atoms with Crippen molar-refractivity contribution in [1.29, 1.82) is 0 Å². The zero-order valence-corrected chi connectivity index (χ0v) is 12.8. The molecule has 0 saturated heterocycles. The maximum Gasteiger partial charge on any atom is 0.428 e. The van der Waals surface area contributed by atoms with Crippen LogP contribution in [0.2, 0.25) is 0 Å². The van der Waals surface area contributed by atoms with E-state index in [2.05, 4.69) is 10.5 Å². The number of hydrogen-bond acceptors (Lipinski definition) is 4. The van der Waals surface area contributed by atoms with E-state index in [1.54, 1.807) is 6.07 Å². The molecule has 1 amide bonds. The second-order valence-corrected chi connectivity index (χ2v) is 6.05. The first-order chi connectivity index (χ1) is 11.3. The molecule has 1 fully saturated rings. The summed E-state index contributed by atoms with van der Waals surface area (Å²) in [4.78, 5) is 10.9. The van der Waals surface area contributed by atoms with Gasteiger partial charge in [0.15, 0.2) is 0 Å². The van der Waals surface area contributed by atoms with Gasteiger partial charge in [0.1, 0.15) is 12.3 Å². The van der Waals surface area contributed by atoms with Gasteiger partial charge in [-0.1, -0.05) is 12.1 Å². The van der Waals surface area contributed by atoms with Crippen molar-refractivity contribution in [3.63, 3.8) is 0 Å². The van der Waals surface area contributed by atoms with Gasteiger partial charge in [-0.15, -0.1) is 0 Å². The van der Waals surface area contributed by atoms with Gasteiger partial charge in [0, 0.05) is 5.56 Å². The number of ether oxygens (including phenoxy) is 1. The monoisotopic (exact) mass is 342 g/mol. The van der Waals surface area contributed by atoms with Crippen LogP contribution in [0.15, 0.2) is 23.3 Å². The molecule has 1 aromatic rings. The fourth-order valence-electron chi connectivity index (χ4n) is 3.18. The molecule has 0 atom stereocenters. The third-order valence-electron chi connectivity index (χ3n) is 4.45. The highest BCUT2D eigenvalue weighted by molar-refractivity contribution is 6.03. The standard InChI is InChI=1S/C16H17F3N2O3/c17-16(18,19)13-7-10(14-8-24-15(23)21-20-14)3-6-12(13)9-1-4-11(22)5-2-9/h3,6-7,9,11,22H,1-2,4-5,8H2,(H,21,23)/t9-,11+. The summed E-state index contributed by atoms with van der Waals surface area (Å²) in [5.41, 5.74) is 2.15. The van der Waals surface area contributed by atoms with Gasteiger partial charge in [0.05, 0.1) is 11.7 Å². The summed E-state index contributed by atoms with van der Waals surface area (Å²) < 4.78 is 45.2. The van der Waals surface area contributed by atoms with Crippen LogP contribution in [0.1, 0.15) is 48.3 Å². The topological polar surface area (TPSA) is 70.9 Å². The summed E-state index contributed by atoms with van der Waals surface area (Å²) in [5.74, 6) is -0.219. The van der Waals surface area contributed by atoms with Crippen molar-refractivity contribution < 1.29 is 27.8 Å². The Morgan fingerprint density at radius 1 is 1.21 bits per heavy atom. The van der Waals surface area contributed by atoms with E-state index in [4.69, 9.17) is 4.74 Å². The number of aliphatic hydroxyl groups excluding tert-OH is 1. The number of amides is 1. The van der Waals surface area contributed by atoms with E-state index in [1.807, 2.05) is 0 Å². The predicted octanol–water partition coefficient (Wildman–Crippen LogP) is 3.17. The molecular weight excluding hydrogens is 325 g/mol. The Morgan fingerprint density at radius 3 is 2.50 bits per heavy atom. The largest absolute Gasteiger partial charge is 0.442 e. The number of hydrogen-bond donors (Lipinski definition) is 2. The van der Waals surface area contributed by atoms with Crippen LogP contribution in [-0.2, 0) is 10.9 Å². The molecule has 0 radical (unpaired) electrons. The predicted molar refractivity (Wildman–Crippen MR) is 79.7 cm³/mol. The number of nitrogens with zero attached hydrogens (tertiary/aromatic N) is 1. The van der Waals surface area contributed by atoms with Crippen molar-refractivity contribution in [2.75, 3.05) is 6.61 Å². The van der Waals surface area contributed by atoms with Crippen LogP contribution in [-0.4, -0.2) is 29.6 Å². The summed E-state index contributed by atoms with van der Waals surface area (Å²) >= 11 is 0. The van der Waals surface area contributed by atoms with Gasteiger partial charge in [-0.2, -0.15) is 18.3 Å². The third kappa shape index (κ3) is 3.53. The Balaban J connectivity index is 1.94. The first-order valence-corrected chi connectivity index (χ1v) is 7.73. The molecule has 3 rings (SSSR count). The van der Waals surface area contributed by atoms with E-state index in [0.29, 0.717) is 25.7 Å². The van der Waals surface area contributed by atoms with Gasteiger partial charge < -0.3 is 9.84 Å². The number of nitrogens with one attached hydrogen (secondary N) is 1. The first-order valence-electron chi connectivity index (χ1n) is 7.73. The van der Waals surface area contributed by atoms with E-state index >= 15 is 0 Å². The molecule has 5 nitrogen and oxygen atoms in total. The van der Waals surface area contributed by atoms with Crippen molar-refractivity contribution in [2.45, 2.75) is 43.9 Å². The number of carbonyl (C=O) groups is 1. The summed E-state index contributed by atoms with van der Waals surface area (Å²) in [5, 5.41) is 13.3. The molecule has 2 aliphatic rings. The van der Waals surface area contributed by atoms with Gasteiger partial charge in [0.25, 0.3) is 0 Å². The molecule has 0 spiro atoms. The lowest BCUT2D eigenvalue weighted by molar-refractivity contribution is -0.138. The Morgan fingerprint density at radius 2 is 1.92 bits per heavy atom. The average molecular weight is 342 g/mol. The van der Waals surface area contributed by atoms with E-state index < -0.39 is 23.9 Å². The Kier molecular flexibility index (Phi) is 4.49. The maximum atomic E-state index is 13.5. The molecule has 1 aliphatic carbocycles. The van der Waals surface area contributed by atoms with E-state index in [1.165, 1.54) is 6.07 Å². The maximum absolute atomic E-state index is 13.5. The smallest absolute Gasteiger partial charge is 0.428 e. The van der Waals surface area contributed by atoms with Gasteiger partial charge in [-0.3, -0.25) is 0 Å². The molecule has 130 valence electrons. The molecule has 2 N–H and O–H groups in total. The van der Waals surface area contributed by atoms with Crippen molar-refractivity contribution in [3.05, 3.63) is 34.9 Å². The van der Waals surface area contributed by atoms with Crippen molar-refractivity contribution in [2.24, 2.45) is 5.10 Å². The highest BCUT2D eigenvalue weighted by Gasteiger charge is 2.36. The van der Waals surface area contributed by atoms with E-state index in [0.717, 1.165) is 6.07 Å². The number of carbonyl (C=O) groups excluding carboxylic acids is 1. The third-order valence-corrected chi connectivity index (χ3v) is 4.45. The number of aliphatic hydroxyl groups is 1. The lowest BCUT2D eigenvalue weighted by Crippen LogP contribution is -2.31. The molecule has 1 aliphatic heterocycles. The van der Waals surface area contributed by atoms with E-state index in [9.17, 15) is 23.1 Å². The Labute approximate surface area is 136 Å². The molecule has 24 heavy (non-hydrogen) atoms. The minimum absolute atomic E-state index is 0.169. The zero-order valence-electron chi connectivity index (χ0n) is 12.8. The van der Waals surface area contributed by atoms with Gasteiger partial charge >= 0.3 is 12.3 Å². The number of rotatable bonds is 2. The second-order valence-electron chi connectivity index (χ2n) is 6.05. The van der Waals surface area contributed by atoms with Crippen LogP contribution in [0, 0.1) is 0 Å². The lowest BCUT2D eigenvalue weighted by Gasteiger charge is -2.28. The van der Waals surface area contributed by atoms with Crippen LogP contribution < -0.4 is 5.43 Å². The molecule has 8 heteroatoms. The van der Waals surface area contributed by atoms with Crippen LogP contribution >= 0.6 is 0 Å². The zero-order chi connectivity index (χ0) is 17.3. The molecule has 1 aromatic carbocycles. The fourth-order valence-corrected chi connectivity index (χ4v) is 3.18. The lowest BCUT2D eigenvalue weighted by atomic mass is 9.80. The number of benzene rings is 1. The number of hydrazone groups is 1. The van der Waals surface area contributed by atoms with Crippen molar-refractivity contribution in [1.82, 2.24) is 5.43 Å². The van der Waals surface area contributed by atoms with Crippen molar-refractivity contribution >= 4 is 11.8 Å². The summed E-state index contributed by atoms with van der Waals surface area (Å²) in [6.07, 6.45) is -3.56. The Bertz CT molecular complexity index is 665. The molecule has 0 aromatic heterocycles. The van der Waals surface area contributed by atoms with Gasteiger partial charge in [-0.25, -0.2) is 10.2 Å². The fraction of sp³-hybridized carbons (Fsp3) is 0.500. The summed E-state index contributed by atoms with van der Waals surface area (Å²) in [6, 6.07) is 4.09. The molecule has 0 unspecified atom stereocenters. The van der Waals surface area contributed by atoms with Crippen molar-refractivity contribution in [3.8, 4) is 0 Å². The first kappa shape index (κ1) is 16.8. The quantitative estimate of drug-likeness (QED) is 0.867. The number of cyclic esters (lactones) is 1. The summed E-state index contributed by atoms with van der Waals surface area (Å²) in [6.45, 7) is -0.169. The summed E-state index contributed by atoms with van der Waals surface area (Å²) in [7, 11) is 0. The van der Waals surface area contributed by atoms with Crippen LogP contribution in [0.25, 0.3) is 0 Å². The average Bonchev–Trinajstić information content (AvgIpc) is 2.55. The highest BCUT2D eigenvalue weighted by Crippen LogP contribution is 2.41. The Hall–Kier alpha value is -2.09. The normalized spacial score (nSPS) is 24.8. The van der Waals surface area contributed by atoms with Crippen LogP contribution in [0.3, 0.4) is 0 Å². The van der Waals surface area contributed by atoms with Gasteiger partial charge in [-0.05, 0) is 43.2 Å². The van der Waals surface area contributed by atoms with Gasteiger partial charge in [0.2, 0.25) is 0 Å². The van der Waals surface area contributed by atoms with Crippen LogP contribution in [0.5, 0.6) is 0 Å². The minimum Gasteiger partial charge on any atom is -0.442 e. The highest BCUT2D eigenvalue weighted by atomic mass is 19.4.